The summed E-state index contributed by atoms with van der Waals surface area (Å²) in [7, 11) is 1.82. The Bertz CT molecular complexity index is 428. The van der Waals surface area contributed by atoms with Gasteiger partial charge < -0.3 is 20.3 Å². The molecule has 0 bridgehead atoms. The smallest absolute Gasteiger partial charge is 0.326 e. The second kappa shape index (κ2) is 6.04. The van der Waals surface area contributed by atoms with Gasteiger partial charge in [-0.25, -0.2) is 14.6 Å². The predicted molar refractivity (Wildman–Crippen MR) is 64.8 cm³/mol. The van der Waals surface area contributed by atoms with E-state index in [2.05, 4.69) is 15.6 Å². The number of aliphatic carboxylic acids is 1. The quantitative estimate of drug-likeness (QED) is 0.705. The number of nitrogens with zero attached hydrogens (tertiary/aromatic N) is 2. The SMILES string of the molecule is CC(C)C(NC(=O)NCc1nccn1C)C(=O)O. The number of imidazole rings is 1. The van der Waals surface area contributed by atoms with Gasteiger partial charge in [0.15, 0.2) is 0 Å². The van der Waals surface area contributed by atoms with Gasteiger partial charge >= 0.3 is 12.0 Å². The Kier molecular flexibility index (Phi) is 4.70. The van der Waals surface area contributed by atoms with E-state index in [1.165, 1.54) is 0 Å². The molecule has 0 aliphatic heterocycles. The van der Waals surface area contributed by atoms with Crippen molar-refractivity contribution < 1.29 is 14.7 Å². The van der Waals surface area contributed by atoms with Crippen LogP contribution in [0.15, 0.2) is 12.4 Å². The van der Waals surface area contributed by atoms with Gasteiger partial charge in [0.05, 0.1) is 6.54 Å². The Morgan fingerprint density at radius 3 is 2.61 bits per heavy atom. The second-order valence-corrected chi connectivity index (χ2v) is 4.34. The van der Waals surface area contributed by atoms with E-state index in [-0.39, 0.29) is 12.5 Å². The van der Waals surface area contributed by atoms with Crippen LogP contribution in [0.3, 0.4) is 0 Å². The molecule has 7 heteroatoms. The van der Waals surface area contributed by atoms with Crippen molar-refractivity contribution in [3.63, 3.8) is 0 Å². The van der Waals surface area contributed by atoms with Crippen molar-refractivity contribution >= 4 is 12.0 Å². The van der Waals surface area contributed by atoms with E-state index in [0.29, 0.717) is 5.82 Å². The molecular formula is C11H18N4O3. The predicted octanol–water partition coefficient (Wildman–Crippen LogP) is 0.328. The highest BCUT2D eigenvalue weighted by Gasteiger charge is 2.23. The molecule has 1 aromatic rings. The number of carboxylic acids is 1. The molecule has 2 amide bonds. The number of hydrogen-bond donors (Lipinski definition) is 3. The number of nitrogens with one attached hydrogen (secondary N) is 2. The molecule has 0 radical (unpaired) electrons. The lowest BCUT2D eigenvalue weighted by Crippen LogP contribution is -2.48. The number of carboxylic acid groups (broad SMARTS) is 1. The molecule has 0 saturated carbocycles. The van der Waals surface area contributed by atoms with E-state index < -0.39 is 18.0 Å². The molecule has 7 nitrogen and oxygen atoms in total. The molecule has 1 unspecified atom stereocenters. The molecule has 0 fully saturated rings. The first kappa shape index (κ1) is 14.0. The molecule has 1 rings (SSSR count). The maximum atomic E-state index is 11.5. The maximum Gasteiger partial charge on any atom is 0.326 e. The zero-order valence-electron chi connectivity index (χ0n) is 10.7. The number of amides is 2. The van der Waals surface area contributed by atoms with Crippen molar-refractivity contribution in [2.24, 2.45) is 13.0 Å². The number of carbonyl (C=O) groups excluding carboxylic acids is 1. The number of carbonyl (C=O) groups is 2. The summed E-state index contributed by atoms with van der Waals surface area (Å²) in [6.07, 6.45) is 3.40. The van der Waals surface area contributed by atoms with Gasteiger partial charge in [-0.1, -0.05) is 13.8 Å². The minimum Gasteiger partial charge on any atom is -0.480 e. The Hall–Kier alpha value is -2.05. The first-order chi connectivity index (χ1) is 8.41. The normalized spacial score (nSPS) is 12.2. The van der Waals surface area contributed by atoms with Gasteiger partial charge in [0, 0.05) is 19.4 Å². The van der Waals surface area contributed by atoms with Crippen LogP contribution in [0.1, 0.15) is 19.7 Å². The van der Waals surface area contributed by atoms with Crippen LogP contribution in [-0.4, -0.2) is 32.7 Å². The molecule has 0 aliphatic carbocycles. The summed E-state index contributed by atoms with van der Waals surface area (Å²) in [5, 5.41) is 13.9. The Morgan fingerprint density at radius 2 is 2.17 bits per heavy atom. The van der Waals surface area contributed by atoms with Crippen LogP contribution in [0.25, 0.3) is 0 Å². The Morgan fingerprint density at radius 1 is 1.50 bits per heavy atom. The molecule has 0 spiro atoms. The molecule has 1 heterocycles. The van der Waals surface area contributed by atoms with Gasteiger partial charge in [-0.15, -0.1) is 0 Å². The van der Waals surface area contributed by atoms with Gasteiger partial charge in [-0.3, -0.25) is 0 Å². The summed E-state index contributed by atoms with van der Waals surface area (Å²) in [6.45, 7) is 3.72. The zero-order valence-corrected chi connectivity index (χ0v) is 10.7. The molecule has 3 N–H and O–H groups in total. The molecule has 1 aromatic heterocycles. The summed E-state index contributed by atoms with van der Waals surface area (Å²) in [5.74, 6) is -0.528. The van der Waals surface area contributed by atoms with Crippen molar-refractivity contribution in [3.8, 4) is 0 Å². The van der Waals surface area contributed by atoms with Crippen LogP contribution in [0.2, 0.25) is 0 Å². The fourth-order valence-electron chi connectivity index (χ4n) is 1.43. The Balaban J connectivity index is 2.46. The van der Waals surface area contributed by atoms with Crippen molar-refractivity contribution in [1.29, 1.82) is 0 Å². The summed E-state index contributed by atoms with van der Waals surface area (Å²) in [5.41, 5.74) is 0. The van der Waals surface area contributed by atoms with E-state index in [1.54, 1.807) is 30.8 Å². The van der Waals surface area contributed by atoms with E-state index >= 15 is 0 Å². The van der Waals surface area contributed by atoms with E-state index in [1.807, 2.05) is 7.05 Å². The highest BCUT2D eigenvalue weighted by molar-refractivity contribution is 5.82. The average Bonchev–Trinajstić information content (AvgIpc) is 2.68. The van der Waals surface area contributed by atoms with Crippen LogP contribution in [0.4, 0.5) is 4.79 Å². The monoisotopic (exact) mass is 254 g/mol. The van der Waals surface area contributed by atoms with Crippen molar-refractivity contribution in [1.82, 2.24) is 20.2 Å². The van der Waals surface area contributed by atoms with Crippen molar-refractivity contribution in [2.75, 3.05) is 0 Å². The summed E-state index contributed by atoms with van der Waals surface area (Å²) in [4.78, 5) is 26.5. The van der Waals surface area contributed by atoms with Crippen LogP contribution in [0.5, 0.6) is 0 Å². The third-order valence-corrected chi connectivity index (χ3v) is 2.55. The van der Waals surface area contributed by atoms with Gasteiger partial charge in [-0.2, -0.15) is 0 Å². The zero-order chi connectivity index (χ0) is 13.7. The van der Waals surface area contributed by atoms with Crippen molar-refractivity contribution in [3.05, 3.63) is 18.2 Å². The Labute approximate surface area is 105 Å². The van der Waals surface area contributed by atoms with Crippen LogP contribution in [-0.2, 0) is 18.4 Å². The molecule has 100 valence electrons. The highest BCUT2D eigenvalue weighted by Crippen LogP contribution is 2.01. The first-order valence-corrected chi connectivity index (χ1v) is 5.65. The topological polar surface area (TPSA) is 96.3 Å². The summed E-state index contributed by atoms with van der Waals surface area (Å²) < 4.78 is 1.78. The molecule has 18 heavy (non-hydrogen) atoms. The summed E-state index contributed by atoms with van der Waals surface area (Å²) >= 11 is 0. The minimum absolute atomic E-state index is 0.179. The van der Waals surface area contributed by atoms with E-state index in [4.69, 9.17) is 5.11 Å². The van der Waals surface area contributed by atoms with Crippen LogP contribution < -0.4 is 10.6 Å². The molecule has 1 atom stereocenters. The third-order valence-electron chi connectivity index (χ3n) is 2.55. The number of hydrogen-bond acceptors (Lipinski definition) is 3. The van der Waals surface area contributed by atoms with E-state index in [9.17, 15) is 9.59 Å². The molecule has 0 aliphatic rings. The number of aryl methyl sites for hydroxylation is 1. The molecule has 0 aromatic carbocycles. The van der Waals surface area contributed by atoms with Gasteiger partial charge in [0.1, 0.15) is 11.9 Å². The summed E-state index contributed by atoms with van der Waals surface area (Å²) in [6, 6.07) is -1.41. The first-order valence-electron chi connectivity index (χ1n) is 5.65. The minimum atomic E-state index is -1.04. The van der Waals surface area contributed by atoms with Crippen LogP contribution in [0, 0.1) is 5.92 Å². The van der Waals surface area contributed by atoms with Gasteiger partial charge in [-0.05, 0) is 5.92 Å². The average molecular weight is 254 g/mol. The lowest BCUT2D eigenvalue weighted by Gasteiger charge is -2.18. The number of aromatic nitrogens is 2. The lowest BCUT2D eigenvalue weighted by atomic mass is 10.1. The largest absolute Gasteiger partial charge is 0.480 e. The van der Waals surface area contributed by atoms with Crippen LogP contribution >= 0.6 is 0 Å². The van der Waals surface area contributed by atoms with Gasteiger partial charge in [0.2, 0.25) is 0 Å². The fourth-order valence-corrected chi connectivity index (χ4v) is 1.43. The lowest BCUT2D eigenvalue weighted by molar-refractivity contribution is -0.140. The number of urea groups is 1. The maximum absolute atomic E-state index is 11.5. The molecule has 0 saturated heterocycles. The number of rotatable bonds is 5. The second-order valence-electron chi connectivity index (χ2n) is 4.34. The highest BCUT2D eigenvalue weighted by atomic mass is 16.4. The third kappa shape index (κ3) is 3.76. The standard InChI is InChI=1S/C11H18N4O3/c1-7(2)9(10(16)17)14-11(18)13-6-8-12-4-5-15(8)3/h4-5,7,9H,6H2,1-3H3,(H,16,17)(H2,13,14,18). The van der Waals surface area contributed by atoms with Gasteiger partial charge in [0.25, 0.3) is 0 Å². The fraction of sp³-hybridized carbons (Fsp3) is 0.545. The molecular weight excluding hydrogens is 236 g/mol. The van der Waals surface area contributed by atoms with Crippen molar-refractivity contribution in [2.45, 2.75) is 26.4 Å². The van der Waals surface area contributed by atoms with E-state index in [0.717, 1.165) is 0 Å².